The number of hydrogen-bond acceptors (Lipinski definition) is 4. The van der Waals surface area contributed by atoms with Gasteiger partial charge in [-0.1, -0.05) is 24.3 Å². The Bertz CT molecular complexity index is 706. The number of carbonyl (C=O) groups is 1. The molecule has 0 radical (unpaired) electrons. The van der Waals surface area contributed by atoms with Crippen LogP contribution in [0.15, 0.2) is 53.4 Å². The molecule has 0 saturated heterocycles. The van der Waals surface area contributed by atoms with Crippen molar-refractivity contribution in [1.29, 1.82) is 0 Å². The molecule has 1 aliphatic rings. The summed E-state index contributed by atoms with van der Waals surface area (Å²) in [7, 11) is 0. The Morgan fingerprint density at radius 3 is 2.69 bits per heavy atom. The Balaban J connectivity index is 1.33. The zero-order chi connectivity index (χ0) is 18.0. The summed E-state index contributed by atoms with van der Waals surface area (Å²) < 4.78 is 11.3. The standard InChI is InChI=1S/C21H25NO3S/c23-21(22-12-4-15-26-18-6-2-1-3-7-18)11-9-17-8-10-19-20(16-17)25-14-5-13-24-19/h1-3,6-8,10,16H,4-5,9,11-15H2,(H,22,23). The second kappa shape index (κ2) is 10.1. The molecule has 5 heteroatoms. The van der Waals surface area contributed by atoms with Crippen molar-refractivity contribution < 1.29 is 14.3 Å². The van der Waals surface area contributed by atoms with Gasteiger partial charge in [-0.05, 0) is 48.4 Å². The van der Waals surface area contributed by atoms with Gasteiger partial charge in [0, 0.05) is 24.3 Å². The van der Waals surface area contributed by atoms with E-state index in [1.165, 1.54) is 4.90 Å². The van der Waals surface area contributed by atoms with E-state index in [2.05, 4.69) is 17.4 Å². The van der Waals surface area contributed by atoms with Crippen molar-refractivity contribution in [2.45, 2.75) is 30.6 Å². The molecule has 26 heavy (non-hydrogen) atoms. The lowest BCUT2D eigenvalue weighted by molar-refractivity contribution is -0.121. The van der Waals surface area contributed by atoms with Crippen LogP contribution in [0.25, 0.3) is 0 Å². The van der Waals surface area contributed by atoms with Gasteiger partial charge in [0.25, 0.3) is 0 Å². The topological polar surface area (TPSA) is 47.6 Å². The minimum Gasteiger partial charge on any atom is -0.490 e. The maximum atomic E-state index is 12.0. The van der Waals surface area contributed by atoms with Crippen LogP contribution in [0.1, 0.15) is 24.8 Å². The lowest BCUT2D eigenvalue weighted by Crippen LogP contribution is -2.24. The molecule has 0 fully saturated rings. The average Bonchev–Trinajstić information content (AvgIpc) is 2.92. The van der Waals surface area contributed by atoms with E-state index in [9.17, 15) is 4.79 Å². The van der Waals surface area contributed by atoms with Crippen molar-refractivity contribution >= 4 is 17.7 Å². The van der Waals surface area contributed by atoms with Crippen LogP contribution in [0, 0.1) is 0 Å². The lowest BCUT2D eigenvalue weighted by atomic mass is 10.1. The van der Waals surface area contributed by atoms with Crippen molar-refractivity contribution in [1.82, 2.24) is 5.32 Å². The van der Waals surface area contributed by atoms with E-state index in [4.69, 9.17) is 9.47 Å². The smallest absolute Gasteiger partial charge is 0.220 e. The molecule has 1 heterocycles. The molecule has 3 rings (SSSR count). The zero-order valence-electron chi connectivity index (χ0n) is 14.9. The fourth-order valence-corrected chi connectivity index (χ4v) is 3.59. The first kappa shape index (κ1) is 18.6. The van der Waals surface area contributed by atoms with Crippen molar-refractivity contribution in [3.05, 3.63) is 54.1 Å². The van der Waals surface area contributed by atoms with Gasteiger partial charge in [-0.15, -0.1) is 11.8 Å². The SMILES string of the molecule is O=C(CCc1ccc2c(c1)OCCCO2)NCCCSc1ccccc1. The molecule has 138 valence electrons. The molecule has 0 aliphatic carbocycles. The molecule has 2 aromatic carbocycles. The highest BCUT2D eigenvalue weighted by molar-refractivity contribution is 7.99. The number of hydrogen-bond donors (Lipinski definition) is 1. The largest absolute Gasteiger partial charge is 0.490 e. The van der Waals surface area contributed by atoms with Crippen LogP contribution < -0.4 is 14.8 Å². The molecule has 0 atom stereocenters. The molecule has 0 bridgehead atoms. The number of thioether (sulfide) groups is 1. The number of rotatable bonds is 8. The highest BCUT2D eigenvalue weighted by Gasteiger charge is 2.11. The van der Waals surface area contributed by atoms with Crippen LogP contribution in [0.4, 0.5) is 0 Å². The fraction of sp³-hybridized carbons (Fsp3) is 0.381. The predicted molar refractivity (Wildman–Crippen MR) is 105 cm³/mol. The van der Waals surface area contributed by atoms with Gasteiger partial charge in [0.1, 0.15) is 0 Å². The van der Waals surface area contributed by atoms with Crippen LogP contribution in [0.5, 0.6) is 11.5 Å². The monoisotopic (exact) mass is 371 g/mol. The molecule has 1 amide bonds. The minimum absolute atomic E-state index is 0.0989. The van der Waals surface area contributed by atoms with Crippen molar-refractivity contribution in [3.63, 3.8) is 0 Å². The maximum absolute atomic E-state index is 12.0. The first-order valence-corrected chi connectivity index (χ1v) is 10.1. The molecule has 0 aromatic heterocycles. The molecule has 0 unspecified atom stereocenters. The van der Waals surface area contributed by atoms with Crippen molar-refractivity contribution in [3.8, 4) is 11.5 Å². The molecule has 1 aliphatic heterocycles. The quantitative estimate of drug-likeness (QED) is 0.561. The third kappa shape index (κ3) is 5.99. The van der Waals surface area contributed by atoms with E-state index < -0.39 is 0 Å². The van der Waals surface area contributed by atoms with E-state index in [1.54, 1.807) is 0 Å². The van der Waals surface area contributed by atoms with Crippen LogP contribution in [-0.4, -0.2) is 31.4 Å². The van der Waals surface area contributed by atoms with E-state index in [0.29, 0.717) is 26.1 Å². The second-order valence-electron chi connectivity index (χ2n) is 6.20. The molecule has 4 nitrogen and oxygen atoms in total. The summed E-state index contributed by atoms with van der Waals surface area (Å²) >= 11 is 1.82. The van der Waals surface area contributed by atoms with Gasteiger partial charge in [-0.3, -0.25) is 4.79 Å². The van der Waals surface area contributed by atoms with Crippen LogP contribution in [0.2, 0.25) is 0 Å². The third-order valence-electron chi connectivity index (χ3n) is 4.11. The zero-order valence-corrected chi connectivity index (χ0v) is 15.7. The van der Waals surface area contributed by atoms with E-state index in [-0.39, 0.29) is 5.91 Å². The highest BCUT2D eigenvalue weighted by Crippen LogP contribution is 2.30. The summed E-state index contributed by atoms with van der Waals surface area (Å²) in [6.07, 6.45) is 3.07. The Hall–Kier alpha value is -2.14. The van der Waals surface area contributed by atoms with Gasteiger partial charge >= 0.3 is 0 Å². The van der Waals surface area contributed by atoms with Crippen molar-refractivity contribution in [2.24, 2.45) is 0 Å². The Kier molecular flexibility index (Phi) is 7.25. The molecular weight excluding hydrogens is 346 g/mol. The first-order valence-electron chi connectivity index (χ1n) is 9.14. The number of ether oxygens (including phenoxy) is 2. The summed E-state index contributed by atoms with van der Waals surface area (Å²) in [5.41, 5.74) is 1.10. The van der Waals surface area contributed by atoms with Crippen LogP contribution in [0.3, 0.4) is 0 Å². The van der Waals surface area contributed by atoms with Crippen LogP contribution in [-0.2, 0) is 11.2 Å². The summed E-state index contributed by atoms with van der Waals surface area (Å²) in [5, 5.41) is 3.00. The number of carbonyl (C=O) groups excluding carboxylic acids is 1. The van der Waals surface area contributed by atoms with Crippen LogP contribution >= 0.6 is 11.8 Å². The van der Waals surface area contributed by atoms with Gasteiger partial charge in [-0.25, -0.2) is 0 Å². The lowest BCUT2D eigenvalue weighted by Gasteiger charge is -2.09. The number of benzene rings is 2. The Labute approximate surface area is 159 Å². The number of amides is 1. The third-order valence-corrected chi connectivity index (χ3v) is 5.21. The molecule has 1 N–H and O–H groups in total. The van der Waals surface area contributed by atoms with Gasteiger partial charge in [-0.2, -0.15) is 0 Å². The summed E-state index contributed by atoms with van der Waals surface area (Å²) in [5.74, 6) is 2.69. The maximum Gasteiger partial charge on any atom is 0.220 e. The van der Waals surface area contributed by atoms with Crippen molar-refractivity contribution in [2.75, 3.05) is 25.5 Å². The normalized spacial score (nSPS) is 13.1. The van der Waals surface area contributed by atoms with Gasteiger partial charge in [0.2, 0.25) is 5.91 Å². The molecule has 0 saturated carbocycles. The van der Waals surface area contributed by atoms with E-state index in [1.807, 2.05) is 48.2 Å². The van der Waals surface area contributed by atoms with Gasteiger partial charge in [0.05, 0.1) is 13.2 Å². The van der Waals surface area contributed by atoms with E-state index in [0.717, 1.165) is 42.2 Å². The molecular formula is C21H25NO3S. The minimum atomic E-state index is 0.0989. The Morgan fingerprint density at radius 2 is 1.85 bits per heavy atom. The number of aryl methyl sites for hydroxylation is 1. The summed E-state index contributed by atoms with van der Waals surface area (Å²) in [4.78, 5) is 13.3. The second-order valence-corrected chi connectivity index (χ2v) is 7.36. The Morgan fingerprint density at radius 1 is 1.04 bits per heavy atom. The molecule has 0 spiro atoms. The highest BCUT2D eigenvalue weighted by atomic mass is 32.2. The summed E-state index contributed by atoms with van der Waals surface area (Å²) in [6, 6.07) is 16.3. The number of fused-ring (bicyclic) bond motifs is 1. The summed E-state index contributed by atoms with van der Waals surface area (Å²) in [6.45, 7) is 2.09. The van der Waals surface area contributed by atoms with Gasteiger partial charge in [0.15, 0.2) is 11.5 Å². The molecule has 2 aromatic rings. The average molecular weight is 372 g/mol. The number of nitrogens with one attached hydrogen (secondary N) is 1. The van der Waals surface area contributed by atoms with E-state index >= 15 is 0 Å². The fourth-order valence-electron chi connectivity index (χ4n) is 2.72. The first-order chi connectivity index (χ1) is 12.8. The predicted octanol–water partition coefficient (Wildman–Crippen LogP) is 4.08. The van der Waals surface area contributed by atoms with Gasteiger partial charge < -0.3 is 14.8 Å².